The molecule has 0 spiro atoms. The van der Waals surface area contributed by atoms with Crippen LogP contribution < -0.4 is 5.73 Å². The van der Waals surface area contributed by atoms with Crippen molar-refractivity contribution in [2.45, 2.75) is 26.2 Å². The third kappa shape index (κ3) is 2.77. The Morgan fingerprint density at radius 2 is 1.93 bits per heavy atom. The summed E-state index contributed by atoms with van der Waals surface area (Å²) in [4.78, 5) is 0. The first-order chi connectivity index (χ1) is 6.65. The summed E-state index contributed by atoms with van der Waals surface area (Å²) in [7, 11) is 0. The van der Waals surface area contributed by atoms with Crippen molar-refractivity contribution in [3.8, 4) is 0 Å². The van der Waals surface area contributed by atoms with E-state index in [4.69, 9.17) is 5.73 Å². The molecule has 1 aromatic carbocycles. The Bertz CT molecular complexity index is 310. The van der Waals surface area contributed by atoms with Gasteiger partial charge in [0.2, 0.25) is 0 Å². The molecule has 78 valence electrons. The number of nitrogens with two attached hydrogens (primary N) is 1. The van der Waals surface area contributed by atoms with Crippen molar-refractivity contribution in [2.75, 3.05) is 6.54 Å². The molecule has 0 heterocycles. The Morgan fingerprint density at radius 3 is 2.57 bits per heavy atom. The smallest absolute Gasteiger partial charge is 0.129 e. The van der Waals surface area contributed by atoms with Gasteiger partial charge in [-0.1, -0.05) is 0 Å². The Hall–Kier alpha value is -0.960. The van der Waals surface area contributed by atoms with E-state index in [-0.39, 0.29) is 0 Å². The van der Waals surface area contributed by atoms with Gasteiger partial charge in [-0.05, 0) is 49.9 Å². The van der Waals surface area contributed by atoms with Crippen LogP contribution in [0.3, 0.4) is 0 Å². The Morgan fingerprint density at radius 1 is 1.21 bits per heavy atom. The first-order valence-corrected chi connectivity index (χ1v) is 4.79. The molecular formula is C11H15F2N. The lowest BCUT2D eigenvalue weighted by Crippen LogP contribution is -2.01. The molecule has 2 N–H and O–H groups in total. The van der Waals surface area contributed by atoms with Crippen LogP contribution in [0.2, 0.25) is 0 Å². The average Bonchev–Trinajstić information content (AvgIpc) is 2.13. The van der Waals surface area contributed by atoms with Crippen LogP contribution in [0.4, 0.5) is 8.78 Å². The maximum atomic E-state index is 13.1. The maximum Gasteiger partial charge on any atom is 0.129 e. The lowest BCUT2D eigenvalue weighted by atomic mass is 10.0. The summed E-state index contributed by atoms with van der Waals surface area (Å²) in [5.74, 6) is -0.969. The van der Waals surface area contributed by atoms with Crippen molar-refractivity contribution in [1.82, 2.24) is 0 Å². The number of aryl methyl sites for hydroxylation is 1. The van der Waals surface area contributed by atoms with Gasteiger partial charge >= 0.3 is 0 Å². The second-order valence-electron chi connectivity index (χ2n) is 3.42. The molecule has 0 radical (unpaired) electrons. The molecule has 0 saturated carbocycles. The molecule has 3 heteroatoms. The summed E-state index contributed by atoms with van der Waals surface area (Å²) in [5.41, 5.74) is 6.63. The number of unbranched alkanes of at least 4 members (excludes halogenated alkanes) is 1. The Labute approximate surface area is 82.9 Å². The first kappa shape index (κ1) is 11.1. The lowest BCUT2D eigenvalue weighted by Gasteiger charge is -2.06. The molecular weight excluding hydrogens is 184 g/mol. The van der Waals surface area contributed by atoms with Crippen molar-refractivity contribution in [2.24, 2.45) is 5.73 Å². The standard InChI is InChI=1S/C11H15F2N/c1-8-9(4-2-3-5-14)6-10(12)7-11(8)13/h6-7H,2-5,14H2,1H3. The number of rotatable bonds is 4. The fourth-order valence-electron chi connectivity index (χ4n) is 1.42. The minimum Gasteiger partial charge on any atom is -0.330 e. The van der Waals surface area contributed by atoms with E-state index < -0.39 is 11.6 Å². The summed E-state index contributed by atoms with van der Waals surface area (Å²) < 4.78 is 25.9. The van der Waals surface area contributed by atoms with Crippen LogP contribution in [0.5, 0.6) is 0 Å². The van der Waals surface area contributed by atoms with Gasteiger partial charge in [0.25, 0.3) is 0 Å². The van der Waals surface area contributed by atoms with Crippen molar-refractivity contribution in [3.05, 3.63) is 34.9 Å². The third-order valence-corrected chi connectivity index (χ3v) is 2.32. The van der Waals surface area contributed by atoms with Gasteiger partial charge in [0.05, 0.1) is 0 Å². The van der Waals surface area contributed by atoms with E-state index in [0.717, 1.165) is 24.5 Å². The van der Waals surface area contributed by atoms with E-state index in [1.807, 2.05) is 0 Å². The fraction of sp³-hybridized carbons (Fsp3) is 0.455. The van der Waals surface area contributed by atoms with Gasteiger partial charge < -0.3 is 5.73 Å². The minimum atomic E-state index is -0.504. The maximum absolute atomic E-state index is 13.1. The van der Waals surface area contributed by atoms with Crippen molar-refractivity contribution in [1.29, 1.82) is 0 Å². The van der Waals surface area contributed by atoms with E-state index in [2.05, 4.69) is 0 Å². The van der Waals surface area contributed by atoms with Crippen LogP contribution in [0.25, 0.3) is 0 Å². The van der Waals surface area contributed by atoms with Crippen LogP contribution in [0, 0.1) is 18.6 Å². The second-order valence-corrected chi connectivity index (χ2v) is 3.42. The predicted octanol–water partition coefficient (Wildman–Crippen LogP) is 2.55. The van der Waals surface area contributed by atoms with Gasteiger partial charge in [-0.2, -0.15) is 0 Å². The van der Waals surface area contributed by atoms with Gasteiger partial charge in [0, 0.05) is 6.07 Å². The molecule has 0 atom stereocenters. The van der Waals surface area contributed by atoms with Crippen LogP contribution >= 0.6 is 0 Å². The zero-order valence-electron chi connectivity index (χ0n) is 8.32. The molecule has 1 aromatic rings. The predicted molar refractivity (Wildman–Crippen MR) is 53.1 cm³/mol. The number of hydrogen-bond donors (Lipinski definition) is 1. The summed E-state index contributed by atoms with van der Waals surface area (Å²) in [6, 6.07) is 2.32. The van der Waals surface area contributed by atoms with Gasteiger partial charge in [-0.3, -0.25) is 0 Å². The highest BCUT2D eigenvalue weighted by molar-refractivity contribution is 5.28. The SMILES string of the molecule is Cc1c(F)cc(F)cc1CCCCN. The lowest BCUT2D eigenvalue weighted by molar-refractivity contribution is 0.571. The molecule has 0 fully saturated rings. The molecule has 1 rings (SSSR count). The highest BCUT2D eigenvalue weighted by atomic mass is 19.1. The summed E-state index contributed by atoms with van der Waals surface area (Å²) in [6.07, 6.45) is 2.45. The fourth-order valence-corrected chi connectivity index (χ4v) is 1.42. The molecule has 0 aromatic heterocycles. The quantitative estimate of drug-likeness (QED) is 0.741. The molecule has 0 aliphatic carbocycles. The van der Waals surface area contributed by atoms with Crippen LogP contribution in [0.15, 0.2) is 12.1 Å². The molecule has 0 unspecified atom stereocenters. The normalized spacial score (nSPS) is 10.6. The van der Waals surface area contributed by atoms with Gasteiger partial charge in [-0.15, -0.1) is 0 Å². The third-order valence-electron chi connectivity index (χ3n) is 2.32. The molecule has 1 nitrogen and oxygen atoms in total. The van der Waals surface area contributed by atoms with Crippen LogP contribution in [-0.2, 0) is 6.42 Å². The Kier molecular flexibility index (Phi) is 4.01. The van der Waals surface area contributed by atoms with Crippen molar-refractivity contribution in [3.63, 3.8) is 0 Å². The van der Waals surface area contributed by atoms with Crippen LogP contribution in [0.1, 0.15) is 24.0 Å². The topological polar surface area (TPSA) is 26.0 Å². The van der Waals surface area contributed by atoms with E-state index in [1.54, 1.807) is 6.92 Å². The van der Waals surface area contributed by atoms with E-state index >= 15 is 0 Å². The molecule has 0 aliphatic heterocycles. The second kappa shape index (κ2) is 5.05. The van der Waals surface area contributed by atoms with E-state index in [0.29, 0.717) is 18.5 Å². The molecule has 0 saturated heterocycles. The van der Waals surface area contributed by atoms with E-state index in [9.17, 15) is 8.78 Å². The largest absolute Gasteiger partial charge is 0.330 e. The Balaban J connectivity index is 2.75. The zero-order valence-corrected chi connectivity index (χ0v) is 8.32. The zero-order chi connectivity index (χ0) is 10.6. The van der Waals surface area contributed by atoms with Gasteiger partial charge in [0.15, 0.2) is 0 Å². The highest BCUT2D eigenvalue weighted by Crippen LogP contribution is 2.16. The van der Waals surface area contributed by atoms with Crippen LogP contribution in [-0.4, -0.2) is 6.54 Å². The summed E-state index contributed by atoms with van der Waals surface area (Å²) in [5, 5.41) is 0. The summed E-state index contributed by atoms with van der Waals surface area (Å²) in [6.45, 7) is 2.30. The van der Waals surface area contributed by atoms with Gasteiger partial charge in [0.1, 0.15) is 11.6 Å². The first-order valence-electron chi connectivity index (χ1n) is 4.79. The average molecular weight is 199 g/mol. The van der Waals surface area contributed by atoms with Crippen molar-refractivity contribution >= 4 is 0 Å². The number of benzene rings is 1. The van der Waals surface area contributed by atoms with Crippen molar-refractivity contribution < 1.29 is 8.78 Å². The van der Waals surface area contributed by atoms with E-state index in [1.165, 1.54) is 6.07 Å². The minimum absolute atomic E-state index is 0.465. The molecule has 0 bridgehead atoms. The molecule has 0 aliphatic rings. The monoisotopic (exact) mass is 199 g/mol. The number of halogens is 2. The molecule has 0 amide bonds. The summed E-state index contributed by atoms with van der Waals surface area (Å²) >= 11 is 0. The van der Waals surface area contributed by atoms with Gasteiger partial charge in [-0.25, -0.2) is 8.78 Å². The number of hydrogen-bond acceptors (Lipinski definition) is 1. The highest BCUT2D eigenvalue weighted by Gasteiger charge is 2.06. The molecule has 14 heavy (non-hydrogen) atoms.